The number of sulfonamides is 1. The number of carbonyl (C=O) groups is 1. The van der Waals surface area contributed by atoms with Gasteiger partial charge < -0.3 is 5.11 Å². The minimum atomic E-state index is -3.82. The Morgan fingerprint density at radius 1 is 1.50 bits per heavy atom. The molecular formula is C12H13BrClNO4S. The summed E-state index contributed by atoms with van der Waals surface area (Å²) in [4.78, 5) is 10.8. The third kappa shape index (κ3) is 3.94. The Hall–Kier alpha value is -0.630. The molecule has 1 saturated carbocycles. The van der Waals surface area contributed by atoms with E-state index in [2.05, 4.69) is 20.7 Å². The summed E-state index contributed by atoms with van der Waals surface area (Å²) in [5, 5.41) is 8.95. The minimum absolute atomic E-state index is 0.0431. The van der Waals surface area contributed by atoms with Gasteiger partial charge in [-0.1, -0.05) is 27.5 Å². The fourth-order valence-electron chi connectivity index (χ4n) is 1.95. The van der Waals surface area contributed by atoms with Crippen molar-refractivity contribution >= 4 is 43.5 Å². The Morgan fingerprint density at radius 3 is 2.65 bits per heavy atom. The van der Waals surface area contributed by atoms with Crippen LogP contribution in [0.15, 0.2) is 27.6 Å². The zero-order valence-corrected chi connectivity index (χ0v) is 13.5. The summed E-state index contributed by atoms with van der Waals surface area (Å²) in [6.07, 6.45) is 1.46. The van der Waals surface area contributed by atoms with Crippen molar-refractivity contribution in [2.24, 2.45) is 5.92 Å². The normalized spacial score (nSPS) is 16.9. The van der Waals surface area contributed by atoms with Crippen molar-refractivity contribution in [2.75, 3.05) is 0 Å². The first-order chi connectivity index (χ1) is 9.29. The molecular weight excluding hydrogens is 370 g/mol. The quantitative estimate of drug-likeness (QED) is 0.792. The molecule has 1 fully saturated rings. The number of hydrogen-bond acceptors (Lipinski definition) is 3. The van der Waals surface area contributed by atoms with Crippen LogP contribution in [-0.4, -0.2) is 25.5 Å². The molecule has 5 nitrogen and oxygen atoms in total. The summed E-state index contributed by atoms with van der Waals surface area (Å²) < 4.78 is 27.7. The molecule has 0 heterocycles. The van der Waals surface area contributed by atoms with E-state index in [-0.39, 0.29) is 22.3 Å². The Labute approximate surface area is 130 Å². The van der Waals surface area contributed by atoms with E-state index >= 15 is 0 Å². The number of carboxylic acids is 1. The fraction of sp³-hybridized carbons (Fsp3) is 0.417. The first-order valence-corrected chi connectivity index (χ1v) is 8.64. The number of hydrogen-bond donors (Lipinski definition) is 2. The highest BCUT2D eigenvalue weighted by Crippen LogP contribution is 2.35. The summed E-state index contributed by atoms with van der Waals surface area (Å²) in [5.74, 6) is -0.929. The number of nitrogens with one attached hydrogen (secondary N) is 1. The van der Waals surface area contributed by atoms with Gasteiger partial charge in [0.15, 0.2) is 0 Å². The fourth-order valence-corrected chi connectivity index (χ4v) is 4.29. The lowest BCUT2D eigenvalue weighted by Gasteiger charge is -2.17. The molecule has 0 spiro atoms. The van der Waals surface area contributed by atoms with E-state index in [0.29, 0.717) is 4.47 Å². The molecule has 1 aromatic carbocycles. The third-order valence-electron chi connectivity index (χ3n) is 3.08. The summed E-state index contributed by atoms with van der Waals surface area (Å²) in [7, 11) is -3.82. The molecule has 0 amide bonds. The number of carboxylic acid groups (broad SMARTS) is 1. The number of aliphatic carboxylic acids is 1. The van der Waals surface area contributed by atoms with Crippen LogP contribution in [0.3, 0.4) is 0 Å². The molecule has 2 rings (SSSR count). The van der Waals surface area contributed by atoms with Crippen molar-refractivity contribution in [2.45, 2.75) is 30.2 Å². The van der Waals surface area contributed by atoms with E-state index in [4.69, 9.17) is 16.7 Å². The van der Waals surface area contributed by atoms with E-state index in [9.17, 15) is 13.2 Å². The SMILES string of the molecule is O=C(O)CC(NS(=O)(=O)c1ccc(Br)cc1Cl)C1CC1. The summed E-state index contributed by atoms with van der Waals surface area (Å²) in [5.41, 5.74) is 0. The van der Waals surface area contributed by atoms with Gasteiger partial charge in [-0.3, -0.25) is 4.79 Å². The molecule has 1 aliphatic carbocycles. The largest absolute Gasteiger partial charge is 0.481 e. The Morgan fingerprint density at radius 2 is 2.15 bits per heavy atom. The van der Waals surface area contributed by atoms with Gasteiger partial charge in [0.25, 0.3) is 0 Å². The second-order valence-electron chi connectivity index (χ2n) is 4.74. The summed E-state index contributed by atoms with van der Waals surface area (Å²) in [6, 6.07) is 3.86. The van der Waals surface area contributed by atoms with Crippen molar-refractivity contribution in [3.05, 3.63) is 27.7 Å². The lowest BCUT2D eigenvalue weighted by molar-refractivity contribution is -0.137. The highest BCUT2D eigenvalue weighted by molar-refractivity contribution is 9.10. The maximum atomic E-state index is 12.3. The molecule has 110 valence electrons. The molecule has 20 heavy (non-hydrogen) atoms. The maximum absolute atomic E-state index is 12.3. The van der Waals surface area contributed by atoms with Gasteiger partial charge in [-0.15, -0.1) is 0 Å². The van der Waals surface area contributed by atoms with Gasteiger partial charge in [-0.2, -0.15) is 0 Å². The molecule has 1 aromatic rings. The number of rotatable bonds is 6. The topological polar surface area (TPSA) is 83.5 Å². The average molecular weight is 383 g/mol. The van der Waals surface area contributed by atoms with Gasteiger partial charge in [-0.05, 0) is 37.0 Å². The second kappa shape index (κ2) is 6.01. The van der Waals surface area contributed by atoms with Gasteiger partial charge in [0, 0.05) is 10.5 Å². The smallest absolute Gasteiger partial charge is 0.304 e. The molecule has 2 N–H and O–H groups in total. The van der Waals surface area contributed by atoms with Crippen molar-refractivity contribution in [1.29, 1.82) is 0 Å². The van der Waals surface area contributed by atoms with E-state index in [1.165, 1.54) is 12.1 Å². The first kappa shape index (κ1) is 15.8. The number of halogens is 2. The number of benzene rings is 1. The molecule has 0 saturated heterocycles. The van der Waals surface area contributed by atoms with Crippen LogP contribution in [0.2, 0.25) is 5.02 Å². The predicted molar refractivity (Wildman–Crippen MR) is 78.2 cm³/mol. The van der Waals surface area contributed by atoms with Crippen LogP contribution in [0.5, 0.6) is 0 Å². The highest BCUT2D eigenvalue weighted by Gasteiger charge is 2.36. The lowest BCUT2D eigenvalue weighted by Crippen LogP contribution is -2.38. The zero-order valence-electron chi connectivity index (χ0n) is 10.3. The van der Waals surface area contributed by atoms with Crippen molar-refractivity contribution in [3.63, 3.8) is 0 Å². The zero-order chi connectivity index (χ0) is 14.9. The van der Waals surface area contributed by atoms with Crippen LogP contribution in [0.25, 0.3) is 0 Å². The molecule has 0 aromatic heterocycles. The lowest BCUT2D eigenvalue weighted by atomic mass is 10.1. The molecule has 8 heteroatoms. The monoisotopic (exact) mass is 381 g/mol. The average Bonchev–Trinajstić information content (AvgIpc) is 3.09. The van der Waals surface area contributed by atoms with Crippen molar-refractivity contribution in [3.8, 4) is 0 Å². The van der Waals surface area contributed by atoms with Crippen molar-refractivity contribution in [1.82, 2.24) is 4.72 Å². The van der Waals surface area contributed by atoms with E-state index < -0.39 is 22.0 Å². The summed E-state index contributed by atoms with van der Waals surface area (Å²) in [6.45, 7) is 0. The highest BCUT2D eigenvalue weighted by atomic mass is 79.9. The molecule has 1 atom stereocenters. The van der Waals surface area contributed by atoms with Gasteiger partial charge in [0.2, 0.25) is 10.0 Å². The third-order valence-corrected chi connectivity index (χ3v) is 5.54. The van der Waals surface area contributed by atoms with Crippen LogP contribution >= 0.6 is 27.5 Å². The van der Waals surface area contributed by atoms with Gasteiger partial charge in [-0.25, -0.2) is 13.1 Å². The van der Waals surface area contributed by atoms with E-state index in [1.807, 2.05) is 0 Å². The Balaban J connectivity index is 2.22. The standard InChI is InChI=1S/C12H13BrClNO4S/c13-8-3-4-11(9(14)5-8)20(18,19)15-10(6-12(16)17)7-1-2-7/h3-5,7,10,15H,1-2,6H2,(H,16,17). The molecule has 0 radical (unpaired) electrons. The molecule has 0 bridgehead atoms. The Bertz CT molecular complexity index is 630. The van der Waals surface area contributed by atoms with Crippen LogP contribution in [0, 0.1) is 5.92 Å². The first-order valence-electron chi connectivity index (χ1n) is 5.99. The van der Waals surface area contributed by atoms with Gasteiger partial charge in [0.1, 0.15) is 4.90 Å². The molecule has 0 aliphatic heterocycles. The van der Waals surface area contributed by atoms with Gasteiger partial charge in [0.05, 0.1) is 11.4 Å². The molecule has 1 unspecified atom stereocenters. The minimum Gasteiger partial charge on any atom is -0.481 e. The van der Waals surface area contributed by atoms with Crippen LogP contribution in [0.1, 0.15) is 19.3 Å². The predicted octanol–water partition coefficient (Wildman–Crippen LogP) is 2.63. The van der Waals surface area contributed by atoms with E-state index in [0.717, 1.165) is 12.8 Å². The summed E-state index contributed by atoms with van der Waals surface area (Å²) >= 11 is 9.14. The van der Waals surface area contributed by atoms with Crippen LogP contribution < -0.4 is 4.72 Å². The van der Waals surface area contributed by atoms with E-state index in [1.54, 1.807) is 6.07 Å². The van der Waals surface area contributed by atoms with Crippen LogP contribution in [-0.2, 0) is 14.8 Å². The maximum Gasteiger partial charge on any atom is 0.304 e. The van der Waals surface area contributed by atoms with Crippen LogP contribution in [0.4, 0.5) is 0 Å². The molecule has 1 aliphatic rings. The van der Waals surface area contributed by atoms with Crippen molar-refractivity contribution < 1.29 is 18.3 Å². The second-order valence-corrected chi connectivity index (χ2v) is 7.74. The van der Waals surface area contributed by atoms with Gasteiger partial charge >= 0.3 is 5.97 Å². The Kier molecular flexibility index (Phi) is 4.73.